The third-order valence-corrected chi connectivity index (χ3v) is 8.82. The molecule has 0 aliphatic heterocycles. The maximum absolute atomic E-state index is 12.8. The second-order valence-electron chi connectivity index (χ2n) is 7.71. The lowest BCUT2D eigenvalue weighted by Crippen LogP contribution is -2.21. The molecule has 1 atom stereocenters. The fourth-order valence-corrected chi connectivity index (χ4v) is 7.05. The van der Waals surface area contributed by atoms with Gasteiger partial charge in [0.1, 0.15) is 11.2 Å². The molecule has 0 fully saturated rings. The molecule has 1 aliphatic rings. The molecule has 0 saturated heterocycles. The number of nitrogens with zero attached hydrogens (tertiary/aromatic N) is 3. The van der Waals surface area contributed by atoms with Crippen molar-refractivity contribution in [2.45, 2.75) is 43.5 Å². The average Bonchev–Trinajstić information content (AvgIpc) is 3.38. The van der Waals surface area contributed by atoms with Gasteiger partial charge in [-0.25, -0.2) is 18.2 Å². The summed E-state index contributed by atoms with van der Waals surface area (Å²) in [6.07, 6.45) is 5.61. The van der Waals surface area contributed by atoms with E-state index in [-0.39, 0.29) is 21.7 Å². The van der Waals surface area contributed by atoms with Crippen LogP contribution in [0.3, 0.4) is 0 Å². The molecule has 0 unspecified atom stereocenters. The molecule has 0 spiro atoms. The van der Waals surface area contributed by atoms with Crippen LogP contribution < -0.4 is 10.5 Å². The SMILES string of the molecule is C[C@H](c1cccc2c1CCCC2)n1c(=O)oc2cc(S(=O)(=O)Nc3ncns3)c(Br)cc21. The van der Waals surface area contributed by atoms with E-state index in [2.05, 4.69) is 42.1 Å². The molecule has 1 N–H and O–H groups in total. The zero-order chi connectivity index (χ0) is 22.5. The molecule has 0 radical (unpaired) electrons. The summed E-state index contributed by atoms with van der Waals surface area (Å²) in [5, 5.41) is 0.151. The maximum Gasteiger partial charge on any atom is 0.420 e. The number of benzene rings is 2. The van der Waals surface area contributed by atoms with Crippen molar-refractivity contribution in [3.8, 4) is 0 Å². The summed E-state index contributed by atoms with van der Waals surface area (Å²) in [4.78, 5) is 16.7. The quantitative estimate of drug-likeness (QED) is 0.404. The molecule has 2 heterocycles. The normalized spacial score (nSPS) is 14.9. The Labute approximate surface area is 196 Å². The third-order valence-electron chi connectivity index (χ3n) is 5.81. The van der Waals surface area contributed by atoms with Crippen LogP contribution in [0.25, 0.3) is 11.1 Å². The highest BCUT2D eigenvalue weighted by atomic mass is 79.9. The maximum atomic E-state index is 12.8. The van der Waals surface area contributed by atoms with Crippen molar-refractivity contribution in [3.05, 3.63) is 68.4 Å². The Hall–Kier alpha value is -2.50. The van der Waals surface area contributed by atoms with Crippen LogP contribution in [-0.2, 0) is 22.9 Å². The van der Waals surface area contributed by atoms with E-state index >= 15 is 0 Å². The zero-order valence-corrected chi connectivity index (χ0v) is 20.3. The van der Waals surface area contributed by atoms with E-state index < -0.39 is 15.8 Å². The van der Waals surface area contributed by atoms with E-state index in [1.165, 1.54) is 29.9 Å². The fraction of sp³-hybridized carbons (Fsp3) is 0.286. The molecule has 2 aromatic carbocycles. The lowest BCUT2D eigenvalue weighted by molar-refractivity contribution is 0.487. The standard InChI is InChI=1S/C21H19BrN4O4S2/c1-12(14-8-4-6-13-5-2-3-7-15(13)14)26-17-9-16(22)19(10-18(17)30-21(26)27)32(28,29)25-20-23-11-24-31-20/h4,6,8-12H,2-3,5,7H2,1H3,(H,23,24,25)/t12-/m1/s1. The van der Waals surface area contributed by atoms with Gasteiger partial charge in [0, 0.05) is 22.1 Å². The van der Waals surface area contributed by atoms with Gasteiger partial charge in [-0.3, -0.25) is 9.29 Å². The molecule has 0 saturated carbocycles. The number of anilines is 1. The first-order valence-corrected chi connectivity index (χ1v) is 13.1. The van der Waals surface area contributed by atoms with E-state index in [0.29, 0.717) is 9.99 Å². The molecule has 5 rings (SSSR count). The highest BCUT2D eigenvalue weighted by molar-refractivity contribution is 9.10. The number of hydrogen-bond donors (Lipinski definition) is 1. The van der Waals surface area contributed by atoms with Gasteiger partial charge in [-0.15, -0.1) is 0 Å². The van der Waals surface area contributed by atoms with Gasteiger partial charge < -0.3 is 4.42 Å². The number of aryl methyl sites for hydroxylation is 1. The lowest BCUT2D eigenvalue weighted by atomic mass is 9.86. The fourth-order valence-electron chi connectivity index (χ4n) is 4.34. The van der Waals surface area contributed by atoms with Crippen LogP contribution in [0.1, 0.15) is 42.5 Å². The summed E-state index contributed by atoms with van der Waals surface area (Å²) in [5.41, 5.74) is 4.45. The molecular weight excluding hydrogens is 516 g/mol. The number of rotatable bonds is 5. The molecular formula is C21H19BrN4O4S2. The van der Waals surface area contributed by atoms with Crippen LogP contribution in [0.5, 0.6) is 0 Å². The topological polar surface area (TPSA) is 107 Å². The summed E-state index contributed by atoms with van der Waals surface area (Å²) < 4.78 is 39.2. The number of nitrogens with one attached hydrogen (secondary N) is 1. The van der Waals surface area contributed by atoms with Crippen molar-refractivity contribution < 1.29 is 12.8 Å². The van der Waals surface area contributed by atoms with Crippen LogP contribution in [0, 0.1) is 0 Å². The van der Waals surface area contributed by atoms with Crippen molar-refractivity contribution in [2.75, 3.05) is 4.72 Å². The average molecular weight is 535 g/mol. The first-order valence-electron chi connectivity index (χ1n) is 10.1. The number of halogens is 1. The molecule has 4 aromatic rings. The smallest absolute Gasteiger partial charge is 0.408 e. The predicted octanol–water partition coefficient (Wildman–Crippen LogP) is 4.50. The minimum absolute atomic E-state index is 0.0501. The summed E-state index contributed by atoms with van der Waals surface area (Å²) in [6, 6.07) is 8.95. The van der Waals surface area contributed by atoms with Crippen LogP contribution in [0.4, 0.5) is 5.13 Å². The number of fused-ring (bicyclic) bond motifs is 2. The summed E-state index contributed by atoms with van der Waals surface area (Å²) in [7, 11) is -3.95. The van der Waals surface area contributed by atoms with Crippen molar-refractivity contribution in [1.29, 1.82) is 0 Å². The Morgan fingerprint density at radius 2 is 2.06 bits per heavy atom. The summed E-state index contributed by atoms with van der Waals surface area (Å²) in [5.74, 6) is -0.528. The molecule has 11 heteroatoms. The van der Waals surface area contributed by atoms with Gasteiger partial charge in [0.25, 0.3) is 10.0 Å². The largest absolute Gasteiger partial charge is 0.420 e. The van der Waals surface area contributed by atoms with E-state index in [9.17, 15) is 13.2 Å². The van der Waals surface area contributed by atoms with Gasteiger partial charge in [-0.1, -0.05) is 18.2 Å². The summed E-state index contributed by atoms with van der Waals surface area (Å²) in [6.45, 7) is 1.97. The van der Waals surface area contributed by atoms with Gasteiger partial charge in [-0.05, 0) is 71.3 Å². The first-order chi connectivity index (χ1) is 15.3. The minimum atomic E-state index is -3.95. The van der Waals surface area contributed by atoms with Crippen molar-refractivity contribution in [2.24, 2.45) is 0 Å². The number of aromatic nitrogens is 3. The van der Waals surface area contributed by atoms with Gasteiger partial charge in [0.05, 0.1) is 11.6 Å². The molecule has 0 bridgehead atoms. The first kappa shape index (κ1) is 21.4. The Bertz CT molecular complexity index is 1480. The zero-order valence-electron chi connectivity index (χ0n) is 17.0. The predicted molar refractivity (Wildman–Crippen MR) is 126 cm³/mol. The molecule has 8 nitrogen and oxygen atoms in total. The van der Waals surface area contributed by atoms with Crippen molar-refractivity contribution >= 4 is 53.7 Å². The highest BCUT2D eigenvalue weighted by Gasteiger charge is 2.26. The number of sulfonamides is 1. The second kappa shape index (κ2) is 8.13. The summed E-state index contributed by atoms with van der Waals surface area (Å²) >= 11 is 4.29. The Balaban J connectivity index is 1.60. The van der Waals surface area contributed by atoms with Crippen LogP contribution in [0.15, 0.2) is 55.2 Å². The molecule has 166 valence electrons. The monoisotopic (exact) mass is 534 g/mol. The van der Waals surface area contributed by atoms with E-state index in [0.717, 1.165) is 36.4 Å². The van der Waals surface area contributed by atoms with Crippen molar-refractivity contribution in [1.82, 2.24) is 13.9 Å². The minimum Gasteiger partial charge on any atom is -0.408 e. The number of hydrogen-bond acceptors (Lipinski definition) is 7. The van der Waals surface area contributed by atoms with Gasteiger partial charge in [-0.2, -0.15) is 4.37 Å². The van der Waals surface area contributed by atoms with E-state index in [1.807, 2.05) is 13.0 Å². The van der Waals surface area contributed by atoms with Crippen LogP contribution in [-0.4, -0.2) is 22.3 Å². The highest BCUT2D eigenvalue weighted by Crippen LogP contribution is 2.34. The Morgan fingerprint density at radius 3 is 2.84 bits per heavy atom. The Morgan fingerprint density at radius 1 is 1.25 bits per heavy atom. The lowest BCUT2D eigenvalue weighted by Gasteiger charge is -2.23. The second-order valence-corrected chi connectivity index (χ2v) is 11.0. The van der Waals surface area contributed by atoms with Gasteiger partial charge >= 0.3 is 5.76 Å². The molecule has 2 aromatic heterocycles. The van der Waals surface area contributed by atoms with Crippen molar-refractivity contribution in [3.63, 3.8) is 0 Å². The van der Waals surface area contributed by atoms with Gasteiger partial charge in [0.2, 0.25) is 5.13 Å². The van der Waals surface area contributed by atoms with E-state index in [1.54, 1.807) is 10.6 Å². The third kappa shape index (κ3) is 3.67. The van der Waals surface area contributed by atoms with Crippen LogP contribution >= 0.6 is 27.5 Å². The van der Waals surface area contributed by atoms with Crippen LogP contribution in [0.2, 0.25) is 0 Å². The van der Waals surface area contributed by atoms with E-state index in [4.69, 9.17) is 4.42 Å². The molecule has 0 amide bonds. The molecule has 1 aliphatic carbocycles. The Kier molecular flexibility index (Phi) is 5.42. The number of oxazole rings is 1. The van der Waals surface area contributed by atoms with Gasteiger partial charge in [0.15, 0.2) is 5.58 Å². The molecule has 32 heavy (non-hydrogen) atoms.